The number of nitrogens with one attached hydrogen (secondary N) is 1. The fraction of sp³-hybridized carbons (Fsp3) is 0.655. The second kappa shape index (κ2) is 50.5. The lowest BCUT2D eigenvalue weighted by Crippen LogP contribution is -2.46. The zero-order valence-electron chi connectivity index (χ0n) is 41.4. The van der Waals surface area contributed by atoms with E-state index in [1.807, 2.05) is 0 Å². The molecule has 0 bridgehead atoms. The molecule has 3 N–H and O–H groups in total. The van der Waals surface area contributed by atoms with Crippen molar-refractivity contribution in [1.82, 2.24) is 5.32 Å². The van der Waals surface area contributed by atoms with Gasteiger partial charge in [0, 0.05) is 6.42 Å². The average Bonchev–Trinajstić information content (AvgIpc) is 3.29. The number of rotatable bonds is 45. The van der Waals surface area contributed by atoms with Crippen molar-refractivity contribution in [3.8, 4) is 0 Å². The molecule has 6 heteroatoms. The largest absolute Gasteiger partial charge is 0.462 e. The van der Waals surface area contributed by atoms with Crippen molar-refractivity contribution >= 4 is 11.9 Å². The number of hydrogen-bond acceptors (Lipinski definition) is 5. The Bertz CT molecular complexity index is 1320. The first-order chi connectivity index (χ1) is 31.5. The predicted octanol–water partition coefficient (Wildman–Crippen LogP) is 15.9. The van der Waals surface area contributed by atoms with Crippen molar-refractivity contribution in [2.24, 2.45) is 0 Å². The summed E-state index contributed by atoms with van der Waals surface area (Å²) in [6, 6.07) is -0.732. The van der Waals surface area contributed by atoms with E-state index in [-0.39, 0.29) is 24.9 Å². The van der Waals surface area contributed by atoms with Gasteiger partial charge in [0.2, 0.25) is 5.91 Å². The summed E-state index contributed by atoms with van der Waals surface area (Å²) in [4.78, 5) is 26.1. The minimum atomic E-state index is -0.813. The third-order valence-electron chi connectivity index (χ3n) is 11.1. The first-order valence-electron chi connectivity index (χ1n) is 26.1. The minimum absolute atomic E-state index is 0.0195. The SMILES string of the molecule is CC/C=C\C/C=C\C/C=C\C/C=C\C/C=C\CCCCCC(=O)OC(CCC/C=C\C/C=C\C/C=C\C/C=C\CCCCC)CC(=O)NC(CO)C(O)CCCCCCCCCCC. The lowest BCUT2D eigenvalue weighted by atomic mass is 10.0. The Morgan fingerprint density at radius 1 is 0.469 bits per heavy atom. The van der Waals surface area contributed by atoms with Gasteiger partial charge in [-0.25, -0.2) is 0 Å². The zero-order chi connectivity index (χ0) is 46.7. The van der Waals surface area contributed by atoms with E-state index in [4.69, 9.17) is 4.74 Å². The van der Waals surface area contributed by atoms with Gasteiger partial charge < -0.3 is 20.3 Å². The molecule has 0 saturated carbocycles. The quantitative estimate of drug-likeness (QED) is 0.0322. The molecule has 0 rings (SSSR count). The number of amides is 1. The number of aliphatic hydroxyl groups excluding tert-OH is 2. The molecule has 0 heterocycles. The van der Waals surface area contributed by atoms with Gasteiger partial charge in [0.15, 0.2) is 0 Å². The summed E-state index contributed by atoms with van der Waals surface area (Å²) in [5.74, 6) is -0.577. The van der Waals surface area contributed by atoms with Crippen LogP contribution in [0.3, 0.4) is 0 Å². The summed E-state index contributed by atoms with van der Waals surface area (Å²) in [6.07, 6.45) is 68.7. The van der Waals surface area contributed by atoms with E-state index >= 15 is 0 Å². The van der Waals surface area contributed by atoms with Gasteiger partial charge in [-0.05, 0) is 109 Å². The van der Waals surface area contributed by atoms with Gasteiger partial charge in [0.25, 0.3) is 0 Å². The van der Waals surface area contributed by atoms with Crippen LogP contribution in [0.1, 0.15) is 220 Å². The number of allylic oxidation sites excluding steroid dienone is 18. The lowest BCUT2D eigenvalue weighted by molar-refractivity contribution is -0.151. The third kappa shape index (κ3) is 45.1. The Morgan fingerprint density at radius 3 is 1.33 bits per heavy atom. The van der Waals surface area contributed by atoms with Crippen LogP contribution in [0.15, 0.2) is 109 Å². The molecule has 0 aromatic rings. The molecule has 0 aliphatic carbocycles. The Hall–Kier alpha value is -3.48. The number of aliphatic hydroxyl groups is 2. The average molecular weight is 888 g/mol. The van der Waals surface area contributed by atoms with E-state index in [9.17, 15) is 19.8 Å². The Kier molecular flexibility index (Phi) is 47.8. The maximum atomic E-state index is 13.2. The van der Waals surface area contributed by atoms with E-state index in [1.165, 1.54) is 64.2 Å². The van der Waals surface area contributed by atoms with E-state index < -0.39 is 18.2 Å². The number of unbranched alkanes of at least 4 members (excludes halogenated alkanes) is 15. The molecule has 6 nitrogen and oxygen atoms in total. The maximum Gasteiger partial charge on any atom is 0.306 e. The molecule has 0 radical (unpaired) electrons. The highest BCUT2D eigenvalue weighted by molar-refractivity contribution is 5.77. The first kappa shape index (κ1) is 60.5. The van der Waals surface area contributed by atoms with Crippen LogP contribution in [0, 0.1) is 0 Å². The summed E-state index contributed by atoms with van der Waals surface area (Å²) < 4.78 is 5.89. The van der Waals surface area contributed by atoms with Crippen molar-refractivity contribution in [3.05, 3.63) is 109 Å². The van der Waals surface area contributed by atoms with E-state index in [2.05, 4.69) is 135 Å². The summed E-state index contributed by atoms with van der Waals surface area (Å²) >= 11 is 0. The minimum Gasteiger partial charge on any atom is -0.462 e. The first-order valence-corrected chi connectivity index (χ1v) is 26.1. The molecule has 64 heavy (non-hydrogen) atoms. The van der Waals surface area contributed by atoms with Gasteiger partial charge in [-0.1, -0.05) is 207 Å². The summed E-state index contributed by atoms with van der Waals surface area (Å²) in [5.41, 5.74) is 0. The molecule has 1 amide bonds. The van der Waals surface area contributed by atoms with Crippen LogP contribution in [0.5, 0.6) is 0 Å². The number of hydrogen-bond donors (Lipinski definition) is 3. The smallest absolute Gasteiger partial charge is 0.306 e. The van der Waals surface area contributed by atoms with Crippen LogP contribution in [0.25, 0.3) is 0 Å². The molecule has 364 valence electrons. The molecule has 0 spiro atoms. The van der Waals surface area contributed by atoms with Gasteiger partial charge in [-0.3, -0.25) is 9.59 Å². The summed E-state index contributed by atoms with van der Waals surface area (Å²) in [6.45, 7) is 6.29. The third-order valence-corrected chi connectivity index (χ3v) is 11.1. The highest BCUT2D eigenvalue weighted by Crippen LogP contribution is 2.16. The lowest BCUT2D eigenvalue weighted by Gasteiger charge is -2.24. The van der Waals surface area contributed by atoms with Crippen molar-refractivity contribution in [3.63, 3.8) is 0 Å². The monoisotopic (exact) mass is 888 g/mol. The van der Waals surface area contributed by atoms with E-state index in [0.29, 0.717) is 19.3 Å². The van der Waals surface area contributed by atoms with Crippen LogP contribution in [0.2, 0.25) is 0 Å². The molecule has 0 saturated heterocycles. The van der Waals surface area contributed by atoms with E-state index in [0.717, 1.165) is 109 Å². The second-order valence-corrected chi connectivity index (χ2v) is 17.2. The van der Waals surface area contributed by atoms with Crippen molar-refractivity contribution < 1.29 is 24.5 Å². The topological polar surface area (TPSA) is 95.9 Å². The standard InChI is InChI=1S/C58H97NO5/c1-4-7-10-13-16-19-21-23-25-27-28-30-32-34-36-39-42-45-48-51-58(63)64-54(49-46-43-40-38-35-33-31-29-26-24-22-20-17-14-11-8-5-2)52-57(62)59-55(53-60)56(61)50-47-44-41-37-18-15-12-9-6-3/h7,10,16-17,19-20,23-26,28,30-31,33-34,36,38,40,54-56,60-61H,4-6,8-9,11-15,18,21-22,27,29,32,35,37,39,41-53H2,1-3H3,(H,59,62)/b10-7-,19-16-,20-17-,25-23-,26-24-,30-28-,33-31-,36-34-,40-38-. The highest BCUT2D eigenvalue weighted by atomic mass is 16.5. The fourth-order valence-corrected chi connectivity index (χ4v) is 7.15. The van der Waals surface area contributed by atoms with Crippen LogP contribution in [-0.4, -0.2) is 46.9 Å². The molecule has 0 aliphatic heterocycles. The van der Waals surface area contributed by atoms with Crippen molar-refractivity contribution in [2.45, 2.75) is 238 Å². The molecular formula is C58H97NO5. The van der Waals surface area contributed by atoms with E-state index in [1.54, 1.807) is 0 Å². The van der Waals surface area contributed by atoms with Crippen molar-refractivity contribution in [1.29, 1.82) is 0 Å². The molecule has 0 aromatic heterocycles. The number of ether oxygens (including phenoxy) is 1. The highest BCUT2D eigenvalue weighted by Gasteiger charge is 2.24. The molecule has 3 unspecified atom stereocenters. The van der Waals surface area contributed by atoms with Gasteiger partial charge in [0.05, 0.1) is 25.2 Å². The fourth-order valence-electron chi connectivity index (χ4n) is 7.15. The molecule has 0 fully saturated rings. The maximum absolute atomic E-state index is 13.2. The Labute approximate surface area is 394 Å². The van der Waals surface area contributed by atoms with Crippen LogP contribution >= 0.6 is 0 Å². The van der Waals surface area contributed by atoms with Gasteiger partial charge >= 0.3 is 5.97 Å². The van der Waals surface area contributed by atoms with Crippen LogP contribution in [-0.2, 0) is 14.3 Å². The zero-order valence-corrected chi connectivity index (χ0v) is 41.4. The summed E-state index contributed by atoms with van der Waals surface area (Å²) in [5, 5.41) is 23.7. The van der Waals surface area contributed by atoms with Crippen LogP contribution < -0.4 is 5.32 Å². The van der Waals surface area contributed by atoms with Gasteiger partial charge in [-0.2, -0.15) is 0 Å². The summed E-state index contributed by atoms with van der Waals surface area (Å²) in [7, 11) is 0. The number of carbonyl (C=O) groups excluding carboxylic acids is 2. The molecule has 0 aromatic carbocycles. The second-order valence-electron chi connectivity index (χ2n) is 17.2. The van der Waals surface area contributed by atoms with Crippen LogP contribution in [0.4, 0.5) is 0 Å². The number of esters is 1. The Morgan fingerprint density at radius 2 is 0.859 bits per heavy atom. The van der Waals surface area contributed by atoms with Gasteiger partial charge in [0.1, 0.15) is 6.10 Å². The predicted molar refractivity (Wildman–Crippen MR) is 277 cm³/mol. The molecule has 0 aliphatic rings. The Balaban J connectivity index is 4.76. The normalized spacial score (nSPS) is 14.1. The van der Waals surface area contributed by atoms with Crippen molar-refractivity contribution in [2.75, 3.05) is 6.61 Å². The molecular weight excluding hydrogens is 791 g/mol. The molecule has 3 atom stereocenters. The number of carbonyl (C=O) groups is 2. The van der Waals surface area contributed by atoms with Gasteiger partial charge in [-0.15, -0.1) is 0 Å².